The molecule has 0 spiro atoms. The molecule has 2 aromatic heterocycles. The molecule has 8 heteroatoms. The Kier molecular flexibility index (Phi) is 6.73. The third-order valence-electron chi connectivity index (χ3n) is 8.20. The SMILES string of the molecule is CN1CCN(C2CCC(n3cc(-c4ccc(-c5ccccc5Br)c(F)c4)c4c(N)ncnc43)CC2)CC1. The summed E-state index contributed by atoms with van der Waals surface area (Å²) in [5, 5.41) is 0.803. The van der Waals surface area contributed by atoms with Gasteiger partial charge < -0.3 is 15.2 Å². The molecule has 2 aliphatic rings. The lowest BCUT2D eigenvalue weighted by Gasteiger charge is -2.41. The molecule has 0 radical (unpaired) electrons. The number of rotatable bonds is 4. The molecule has 1 aliphatic carbocycles. The van der Waals surface area contributed by atoms with Crippen molar-refractivity contribution in [3.05, 3.63) is 65.3 Å². The van der Waals surface area contributed by atoms with Gasteiger partial charge in [-0.3, -0.25) is 4.90 Å². The lowest BCUT2D eigenvalue weighted by molar-refractivity contribution is 0.0828. The van der Waals surface area contributed by atoms with E-state index in [1.54, 1.807) is 6.07 Å². The maximum absolute atomic E-state index is 15.4. The van der Waals surface area contributed by atoms with Crippen LogP contribution in [-0.4, -0.2) is 63.6 Å². The summed E-state index contributed by atoms with van der Waals surface area (Å²) in [5.74, 6) is 0.161. The van der Waals surface area contributed by atoms with E-state index in [0.717, 1.165) is 71.2 Å². The second kappa shape index (κ2) is 10.2. The third-order valence-corrected chi connectivity index (χ3v) is 8.89. The van der Waals surface area contributed by atoms with E-state index in [1.165, 1.54) is 19.2 Å². The number of halogens is 2. The van der Waals surface area contributed by atoms with Crippen LogP contribution in [-0.2, 0) is 0 Å². The van der Waals surface area contributed by atoms with E-state index in [1.807, 2.05) is 36.4 Å². The first-order valence-corrected chi connectivity index (χ1v) is 13.9. The van der Waals surface area contributed by atoms with Crippen LogP contribution in [0.5, 0.6) is 0 Å². The summed E-state index contributed by atoms with van der Waals surface area (Å²) in [4.78, 5) is 14.0. The monoisotopic (exact) mass is 562 g/mol. The molecule has 1 saturated heterocycles. The summed E-state index contributed by atoms with van der Waals surface area (Å²) in [6.45, 7) is 4.62. The van der Waals surface area contributed by atoms with Gasteiger partial charge in [-0.1, -0.05) is 46.3 Å². The van der Waals surface area contributed by atoms with Crippen molar-refractivity contribution in [2.24, 2.45) is 0 Å². The minimum Gasteiger partial charge on any atom is -0.383 e. The molecule has 1 saturated carbocycles. The van der Waals surface area contributed by atoms with Crippen molar-refractivity contribution >= 4 is 32.8 Å². The van der Waals surface area contributed by atoms with E-state index < -0.39 is 0 Å². The topological polar surface area (TPSA) is 63.2 Å². The van der Waals surface area contributed by atoms with Crippen molar-refractivity contribution in [3.8, 4) is 22.3 Å². The second-order valence-electron chi connectivity index (χ2n) is 10.4. The number of aromatic nitrogens is 3. The maximum Gasteiger partial charge on any atom is 0.146 e. The van der Waals surface area contributed by atoms with Crippen LogP contribution >= 0.6 is 15.9 Å². The predicted octanol–water partition coefficient (Wildman–Crippen LogP) is 5.98. The van der Waals surface area contributed by atoms with Gasteiger partial charge in [0.2, 0.25) is 0 Å². The highest BCUT2D eigenvalue weighted by Gasteiger charge is 2.30. The molecular weight excluding hydrogens is 531 g/mol. The standard InChI is InChI=1S/C29H32BrFN6/c1-35-12-14-36(15-13-35)20-7-9-21(10-8-20)37-17-24(27-28(32)33-18-34-29(27)37)19-6-11-23(26(31)16-19)22-4-2-3-5-25(22)30/h2-6,11,16-18,20-21H,7-10,12-15H2,1H3,(H2,32,33,34). The molecule has 4 aromatic rings. The first-order chi connectivity index (χ1) is 18.0. The fourth-order valence-corrected chi connectivity index (χ4v) is 6.57. The van der Waals surface area contributed by atoms with E-state index >= 15 is 4.39 Å². The smallest absolute Gasteiger partial charge is 0.146 e. The number of anilines is 1. The first kappa shape index (κ1) is 24.5. The largest absolute Gasteiger partial charge is 0.383 e. The van der Waals surface area contributed by atoms with Gasteiger partial charge in [-0.05, 0) is 56.0 Å². The first-order valence-electron chi connectivity index (χ1n) is 13.1. The van der Waals surface area contributed by atoms with E-state index in [-0.39, 0.29) is 5.82 Å². The molecule has 2 N–H and O–H groups in total. The zero-order chi connectivity index (χ0) is 25.5. The van der Waals surface area contributed by atoms with Gasteiger partial charge >= 0.3 is 0 Å². The minimum atomic E-state index is -0.270. The Bertz CT molecular complexity index is 1420. The molecule has 0 unspecified atom stereocenters. The molecule has 37 heavy (non-hydrogen) atoms. The minimum absolute atomic E-state index is 0.270. The average molecular weight is 564 g/mol. The van der Waals surface area contributed by atoms with Gasteiger partial charge in [-0.15, -0.1) is 0 Å². The summed E-state index contributed by atoms with van der Waals surface area (Å²) in [7, 11) is 2.20. The molecule has 6 rings (SSSR count). The highest BCUT2D eigenvalue weighted by molar-refractivity contribution is 9.10. The fourth-order valence-electron chi connectivity index (χ4n) is 6.07. The van der Waals surface area contributed by atoms with Gasteiger partial charge in [0.15, 0.2) is 0 Å². The summed E-state index contributed by atoms with van der Waals surface area (Å²) < 4.78 is 18.5. The number of nitrogens with zero attached hydrogens (tertiary/aromatic N) is 5. The third kappa shape index (κ3) is 4.67. The van der Waals surface area contributed by atoms with E-state index in [9.17, 15) is 0 Å². The molecule has 0 bridgehead atoms. The van der Waals surface area contributed by atoms with Crippen LogP contribution in [0.15, 0.2) is 59.5 Å². The molecule has 2 aromatic carbocycles. The lowest BCUT2D eigenvalue weighted by atomic mass is 9.89. The number of benzene rings is 2. The summed E-state index contributed by atoms with van der Waals surface area (Å²) >= 11 is 3.54. The molecule has 2 fully saturated rings. The van der Waals surface area contributed by atoms with Crippen molar-refractivity contribution in [2.75, 3.05) is 39.0 Å². The summed E-state index contributed by atoms with van der Waals surface area (Å²) in [6.07, 6.45) is 8.20. The second-order valence-corrected chi connectivity index (χ2v) is 11.2. The number of hydrogen-bond acceptors (Lipinski definition) is 5. The van der Waals surface area contributed by atoms with Gasteiger partial charge in [0.1, 0.15) is 23.6 Å². The van der Waals surface area contributed by atoms with E-state index in [0.29, 0.717) is 23.5 Å². The number of nitrogen functional groups attached to an aromatic ring is 1. The zero-order valence-electron chi connectivity index (χ0n) is 21.1. The van der Waals surface area contributed by atoms with Gasteiger partial charge in [0.25, 0.3) is 0 Å². The predicted molar refractivity (Wildman–Crippen MR) is 151 cm³/mol. The molecule has 3 heterocycles. The van der Waals surface area contributed by atoms with Crippen molar-refractivity contribution in [1.29, 1.82) is 0 Å². The van der Waals surface area contributed by atoms with Crippen LogP contribution in [0.1, 0.15) is 31.7 Å². The van der Waals surface area contributed by atoms with Gasteiger partial charge in [-0.2, -0.15) is 0 Å². The van der Waals surface area contributed by atoms with Crippen LogP contribution in [0.2, 0.25) is 0 Å². The van der Waals surface area contributed by atoms with Crippen LogP contribution in [0, 0.1) is 5.82 Å². The maximum atomic E-state index is 15.4. The number of nitrogens with two attached hydrogens (primary N) is 1. The molecule has 0 amide bonds. The lowest BCUT2D eigenvalue weighted by Crippen LogP contribution is -2.49. The Morgan fingerprint density at radius 1 is 0.892 bits per heavy atom. The van der Waals surface area contributed by atoms with Crippen LogP contribution in [0.3, 0.4) is 0 Å². The molecule has 6 nitrogen and oxygen atoms in total. The molecular formula is C29H32BrFN6. The quantitative estimate of drug-likeness (QED) is 0.331. The normalized spacial score (nSPS) is 21.5. The van der Waals surface area contributed by atoms with Gasteiger partial charge in [0, 0.05) is 60.1 Å². The molecule has 1 aliphatic heterocycles. The van der Waals surface area contributed by atoms with Crippen molar-refractivity contribution in [1.82, 2.24) is 24.3 Å². The number of hydrogen-bond donors (Lipinski definition) is 1. The number of likely N-dealkylation sites (N-methyl/N-ethyl adjacent to an activating group) is 1. The van der Waals surface area contributed by atoms with Crippen LogP contribution < -0.4 is 5.73 Å². The highest BCUT2D eigenvalue weighted by atomic mass is 79.9. The Labute approximate surface area is 225 Å². The van der Waals surface area contributed by atoms with Gasteiger partial charge in [-0.25, -0.2) is 14.4 Å². The van der Waals surface area contributed by atoms with Crippen LogP contribution in [0.4, 0.5) is 10.2 Å². The Morgan fingerprint density at radius 2 is 1.62 bits per heavy atom. The van der Waals surface area contributed by atoms with Crippen molar-refractivity contribution in [2.45, 2.75) is 37.8 Å². The molecule has 0 atom stereocenters. The van der Waals surface area contributed by atoms with E-state index in [4.69, 9.17) is 5.73 Å². The van der Waals surface area contributed by atoms with Crippen LogP contribution in [0.25, 0.3) is 33.3 Å². The number of piperazine rings is 1. The highest BCUT2D eigenvalue weighted by Crippen LogP contribution is 2.40. The zero-order valence-corrected chi connectivity index (χ0v) is 22.7. The van der Waals surface area contributed by atoms with Crippen molar-refractivity contribution in [3.63, 3.8) is 0 Å². The van der Waals surface area contributed by atoms with Crippen molar-refractivity contribution < 1.29 is 4.39 Å². The van der Waals surface area contributed by atoms with E-state index in [2.05, 4.69) is 53.5 Å². The van der Waals surface area contributed by atoms with Gasteiger partial charge in [0.05, 0.1) is 5.39 Å². The Morgan fingerprint density at radius 3 is 2.35 bits per heavy atom. The summed E-state index contributed by atoms with van der Waals surface area (Å²) in [5.41, 5.74) is 10.3. The summed E-state index contributed by atoms with van der Waals surface area (Å²) in [6, 6.07) is 14.1. The number of fused-ring (bicyclic) bond motifs is 1. The fraction of sp³-hybridized carbons (Fsp3) is 0.379. The Hall–Kier alpha value is -2.81. The molecule has 192 valence electrons. The Balaban J connectivity index is 1.31. The average Bonchev–Trinajstić information content (AvgIpc) is 3.31.